The van der Waals surface area contributed by atoms with Gasteiger partial charge in [-0.25, -0.2) is 0 Å². The molecule has 0 spiro atoms. The van der Waals surface area contributed by atoms with Gasteiger partial charge in [-0.1, -0.05) is 12.8 Å². The van der Waals surface area contributed by atoms with Crippen molar-refractivity contribution in [3.05, 3.63) is 23.7 Å². The number of aromatic nitrogens is 3. The minimum atomic E-state index is 0.250. The summed E-state index contributed by atoms with van der Waals surface area (Å²) in [5.41, 5.74) is 3.93. The van der Waals surface area contributed by atoms with Crippen molar-refractivity contribution in [1.29, 1.82) is 0 Å². The lowest BCUT2D eigenvalue weighted by Gasteiger charge is -2.41. The third-order valence-corrected chi connectivity index (χ3v) is 5.84. The molecular weight excluding hydrogens is 260 g/mol. The number of rotatable bonds is 1. The molecule has 2 aliphatic rings. The lowest BCUT2D eigenvalue weighted by molar-refractivity contribution is 0.179. The predicted molar refractivity (Wildman–Crippen MR) is 84.4 cm³/mol. The molecule has 0 radical (unpaired) electrons. The van der Waals surface area contributed by atoms with E-state index in [-0.39, 0.29) is 5.41 Å². The quantitative estimate of drug-likeness (QED) is 0.807. The molecule has 4 heteroatoms. The zero-order chi connectivity index (χ0) is 14.6. The number of fused-ring (bicyclic) bond motifs is 2. The number of likely N-dealkylation sites (tertiary alicyclic amines) is 1. The van der Waals surface area contributed by atoms with Gasteiger partial charge in [-0.15, -0.1) is 0 Å². The number of hydrogen-bond donors (Lipinski definition) is 0. The fourth-order valence-electron chi connectivity index (χ4n) is 4.87. The van der Waals surface area contributed by atoms with Crippen molar-refractivity contribution in [2.24, 2.45) is 7.05 Å². The van der Waals surface area contributed by atoms with E-state index in [1.54, 1.807) is 0 Å². The second-order valence-electron chi connectivity index (χ2n) is 6.91. The molecule has 1 saturated heterocycles. The largest absolute Gasteiger partial charge is 0.302 e. The first kappa shape index (κ1) is 13.3. The summed E-state index contributed by atoms with van der Waals surface area (Å²) in [5, 5.41) is 5.95. The highest BCUT2D eigenvalue weighted by atomic mass is 15.3. The van der Waals surface area contributed by atoms with E-state index in [9.17, 15) is 0 Å². The smallest absolute Gasteiger partial charge is 0.0715 e. The summed E-state index contributed by atoms with van der Waals surface area (Å²) in [6, 6.07) is 2.76. The molecule has 0 unspecified atom stereocenters. The molecular formula is C17H24N4. The summed E-state index contributed by atoms with van der Waals surface area (Å²) in [7, 11) is 4.32. The monoisotopic (exact) mass is 284 g/mol. The van der Waals surface area contributed by atoms with Gasteiger partial charge < -0.3 is 4.90 Å². The van der Waals surface area contributed by atoms with Gasteiger partial charge in [0.1, 0.15) is 0 Å². The number of aryl methyl sites for hydroxylation is 2. The predicted octanol–water partition coefficient (Wildman–Crippen LogP) is 2.79. The third-order valence-electron chi connectivity index (χ3n) is 5.84. The molecule has 2 atom stereocenters. The molecule has 1 saturated carbocycles. The second kappa shape index (κ2) is 4.54. The zero-order valence-electron chi connectivity index (χ0n) is 13.3. The number of likely N-dealkylation sites (N-methyl/N-ethyl adjacent to an activating group) is 1. The Bertz CT molecular complexity index is 685. The summed E-state index contributed by atoms with van der Waals surface area (Å²) in [6.07, 6.45) is 8.52. The molecule has 2 aromatic rings. The van der Waals surface area contributed by atoms with Crippen molar-refractivity contribution in [3.8, 4) is 0 Å². The summed E-state index contributed by atoms with van der Waals surface area (Å²) in [4.78, 5) is 7.45. The molecule has 1 aliphatic heterocycles. The lowest BCUT2D eigenvalue weighted by Crippen LogP contribution is -2.44. The van der Waals surface area contributed by atoms with E-state index in [4.69, 9.17) is 4.98 Å². The topological polar surface area (TPSA) is 34.0 Å². The molecule has 4 rings (SSSR count). The summed E-state index contributed by atoms with van der Waals surface area (Å²) < 4.78 is 2.00. The molecule has 0 aromatic carbocycles. The van der Waals surface area contributed by atoms with Crippen molar-refractivity contribution in [2.45, 2.75) is 50.5 Å². The van der Waals surface area contributed by atoms with Gasteiger partial charge in [-0.2, -0.15) is 5.10 Å². The Hall–Kier alpha value is -1.42. The van der Waals surface area contributed by atoms with Gasteiger partial charge in [0, 0.05) is 30.1 Å². The van der Waals surface area contributed by atoms with Gasteiger partial charge in [-0.05, 0) is 45.8 Å². The van der Waals surface area contributed by atoms with Gasteiger partial charge in [0.25, 0.3) is 0 Å². The van der Waals surface area contributed by atoms with Crippen LogP contribution in [0.3, 0.4) is 0 Å². The van der Waals surface area contributed by atoms with E-state index >= 15 is 0 Å². The van der Waals surface area contributed by atoms with Crippen molar-refractivity contribution in [1.82, 2.24) is 19.7 Å². The van der Waals surface area contributed by atoms with Crippen molar-refractivity contribution in [3.63, 3.8) is 0 Å². The number of nitrogens with zero attached hydrogens (tertiary/aromatic N) is 4. The normalized spacial score (nSPS) is 30.0. The average molecular weight is 284 g/mol. The Morgan fingerprint density at radius 1 is 1.24 bits per heavy atom. The fourth-order valence-corrected chi connectivity index (χ4v) is 4.87. The van der Waals surface area contributed by atoms with Crippen LogP contribution in [0.15, 0.2) is 12.3 Å². The highest BCUT2D eigenvalue weighted by Gasteiger charge is 2.50. The van der Waals surface area contributed by atoms with Gasteiger partial charge in [0.15, 0.2) is 0 Å². The van der Waals surface area contributed by atoms with Crippen LogP contribution < -0.4 is 0 Å². The average Bonchev–Trinajstić information content (AvgIpc) is 2.99. The Balaban J connectivity index is 1.97. The van der Waals surface area contributed by atoms with Crippen LogP contribution in [0.1, 0.15) is 43.5 Å². The van der Waals surface area contributed by atoms with Crippen LogP contribution in [0.4, 0.5) is 0 Å². The Kier molecular flexibility index (Phi) is 2.86. The second-order valence-corrected chi connectivity index (χ2v) is 6.91. The van der Waals surface area contributed by atoms with Crippen LogP contribution in [-0.2, 0) is 12.5 Å². The first-order valence-electron chi connectivity index (χ1n) is 8.12. The van der Waals surface area contributed by atoms with E-state index in [2.05, 4.69) is 30.0 Å². The minimum Gasteiger partial charge on any atom is -0.302 e. The van der Waals surface area contributed by atoms with E-state index < -0.39 is 0 Å². The number of pyridine rings is 1. The molecule has 112 valence electrons. The molecule has 0 bridgehead atoms. The van der Waals surface area contributed by atoms with E-state index in [1.165, 1.54) is 55.2 Å². The molecule has 21 heavy (non-hydrogen) atoms. The van der Waals surface area contributed by atoms with Crippen LogP contribution >= 0.6 is 0 Å². The Labute approximate surface area is 126 Å². The van der Waals surface area contributed by atoms with Crippen LogP contribution in [0.5, 0.6) is 0 Å². The van der Waals surface area contributed by atoms with Gasteiger partial charge in [0.2, 0.25) is 0 Å². The maximum Gasteiger partial charge on any atom is 0.0715 e. The van der Waals surface area contributed by atoms with E-state index in [0.717, 1.165) is 5.69 Å². The van der Waals surface area contributed by atoms with E-state index in [1.807, 2.05) is 17.9 Å². The van der Waals surface area contributed by atoms with E-state index in [0.29, 0.717) is 6.04 Å². The van der Waals surface area contributed by atoms with Crippen LogP contribution in [0.25, 0.3) is 10.9 Å². The molecule has 0 amide bonds. The highest BCUT2D eigenvalue weighted by Crippen LogP contribution is 2.49. The standard InChI is InChI=1S/C17H24N4/c1-12-15-13(21(3)19-12)7-10-18-16(15)17-8-5-4-6-14(17)20(2)11-9-17/h7,10,14H,4-6,8-9,11H2,1-3H3/t14-,17+/m0/s1. The highest BCUT2D eigenvalue weighted by molar-refractivity contribution is 5.85. The maximum absolute atomic E-state index is 4.89. The van der Waals surface area contributed by atoms with Crippen LogP contribution in [-0.4, -0.2) is 39.3 Å². The molecule has 4 nitrogen and oxygen atoms in total. The fraction of sp³-hybridized carbons (Fsp3) is 0.647. The minimum absolute atomic E-state index is 0.250. The number of hydrogen-bond acceptors (Lipinski definition) is 3. The summed E-state index contributed by atoms with van der Waals surface area (Å²) in [5.74, 6) is 0. The van der Waals surface area contributed by atoms with Crippen LogP contribution in [0, 0.1) is 6.92 Å². The molecule has 1 aliphatic carbocycles. The summed E-state index contributed by atoms with van der Waals surface area (Å²) in [6.45, 7) is 3.32. The van der Waals surface area contributed by atoms with Crippen LogP contribution in [0.2, 0.25) is 0 Å². The zero-order valence-corrected chi connectivity index (χ0v) is 13.3. The first-order valence-corrected chi connectivity index (χ1v) is 8.12. The Morgan fingerprint density at radius 2 is 2.10 bits per heavy atom. The van der Waals surface area contributed by atoms with Gasteiger partial charge in [-0.3, -0.25) is 9.67 Å². The van der Waals surface area contributed by atoms with Gasteiger partial charge >= 0.3 is 0 Å². The lowest BCUT2D eigenvalue weighted by atomic mass is 9.67. The third kappa shape index (κ3) is 1.71. The van der Waals surface area contributed by atoms with Crippen molar-refractivity contribution < 1.29 is 0 Å². The van der Waals surface area contributed by atoms with Gasteiger partial charge in [0.05, 0.1) is 16.9 Å². The molecule has 2 fully saturated rings. The van der Waals surface area contributed by atoms with Crippen molar-refractivity contribution in [2.75, 3.05) is 13.6 Å². The Morgan fingerprint density at radius 3 is 2.95 bits per heavy atom. The molecule has 3 heterocycles. The first-order chi connectivity index (χ1) is 10.1. The van der Waals surface area contributed by atoms with Crippen molar-refractivity contribution >= 4 is 10.9 Å². The molecule has 0 N–H and O–H groups in total. The summed E-state index contributed by atoms with van der Waals surface area (Å²) >= 11 is 0. The maximum atomic E-state index is 4.89. The SMILES string of the molecule is Cc1nn(C)c2ccnc([C@@]34CCCC[C@@H]3N(C)CC4)c12. The molecule has 2 aromatic heterocycles.